The number of nitro groups is 1. The van der Waals surface area contributed by atoms with Crippen LogP contribution in [0.3, 0.4) is 0 Å². The average molecular weight is 362 g/mol. The van der Waals surface area contributed by atoms with Crippen LogP contribution in [-0.2, 0) is 10.0 Å². The van der Waals surface area contributed by atoms with Gasteiger partial charge in [0.1, 0.15) is 0 Å². The number of rotatable bonds is 4. The minimum absolute atomic E-state index is 0. The molecule has 2 saturated heterocycles. The highest BCUT2D eigenvalue weighted by Gasteiger charge is 2.35. The predicted octanol–water partition coefficient (Wildman–Crippen LogP) is 1.89. The summed E-state index contributed by atoms with van der Waals surface area (Å²) >= 11 is 0. The lowest BCUT2D eigenvalue weighted by Gasteiger charge is -2.29. The number of nitrogens with one attached hydrogen (secondary N) is 2. The van der Waals surface area contributed by atoms with E-state index in [2.05, 4.69) is 10.0 Å². The van der Waals surface area contributed by atoms with Crippen molar-refractivity contribution >= 4 is 28.1 Å². The van der Waals surface area contributed by atoms with Crippen LogP contribution < -0.4 is 10.0 Å². The second kappa shape index (κ2) is 6.72. The number of halogens is 1. The van der Waals surface area contributed by atoms with Gasteiger partial charge in [0.05, 0.1) is 9.82 Å². The zero-order valence-corrected chi connectivity index (χ0v) is 14.3. The molecule has 1 aromatic rings. The van der Waals surface area contributed by atoms with E-state index in [-0.39, 0.29) is 29.0 Å². The molecule has 2 heterocycles. The normalized spacial score (nSPS) is 26.6. The molecule has 2 atom stereocenters. The first-order valence-corrected chi connectivity index (χ1v) is 8.87. The molecule has 3 rings (SSSR count). The van der Waals surface area contributed by atoms with Crippen LogP contribution in [-0.4, -0.2) is 31.5 Å². The van der Waals surface area contributed by atoms with Crippen molar-refractivity contribution in [3.63, 3.8) is 0 Å². The summed E-state index contributed by atoms with van der Waals surface area (Å²) < 4.78 is 27.9. The number of non-ortho nitro benzene ring substituents is 1. The Labute approximate surface area is 141 Å². The van der Waals surface area contributed by atoms with E-state index in [4.69, 9.17) is 0 Å². The van der Waals surface area contributed by atoms with Crippen molar-refractivity contribution in [2.45, 2.75) is 55.6 Å². The van der Waals surface area contributed by atoms with Crippen molar-refractivity contribution in [2.24, 2.45) is 0 Å². The SMILES string of the molecule is Cc1ccc([N+](=O)[O-])cc1S(=O)(=O)NC1CC2CCC(C1)N2.Cl. The number of fused-ring (bicyclic) bond motifs is 2. The first-order valence-electron chi connectivity index (χ1n) is 7.38. The van der Waals surface area contributed by atoms with Crippen LogP contribution in [0.2, 0.25) is 0 Å². The molecule has 2 bridgehead atoms. The lowest BCUT2D eigenvalue weighted by Crippen LogP contribution is -2.48. The van der Waals surface area contributed by atoms with Gasteiger partial charge in [-0.2, -0.15) is 0 Å². The Balaban J connectivity index is 0.00000192. The smallest absolute Gasteiger partial charge is 0.270 e. The van der Waals surface area contributed by atoms with Crippen molar-refractivity contribution in [1.82, 2.24) is 10.0 Å². The van der Waals surface area contributed by atoms with E-state index in [9.17, 15) is 18.5 Å². The molecule has 0 aromatic heterocycles. The number of benzene rings is 1. The van der Waals surface area contributed by atoms with Gasteiger partial charge in [0.2, 0.25) is 10.0 Å². The molecule has 2 aliphatic heterocycles. The van der Waals surface area contributed by atoms with Crippen LogP contribution in [0.5, 0.6) is 0 Å². The largest absolute Gasteiger partial charge is 0.311 e. The topological polar surface area (TPSA) is 101 Å². The van der Waals surface area contributed by atoms with E-state index >= 15 is 0 Å². The minimum atomic E-state index is -3.75. The van der Waals surface area contributed by atoms with Crippen molar-refractivity contribution < 1.29 is 13.3 Å². The molecule has 9 heteroatoms. The first-order chi connectivity index (χ1) is 10.3. The quantitative estimate of drug-likeness (QED) is 0.629. The Bertz CT molecular complexity index is 698. The molecule has 0 amide bonds. The van der Waals surface area contributed by atoms with Crippen LogP contribution in [0.25, 0.3) is 0 Å². The van der Waals surface area contributed by atoms with Gasteiger partial charge < -0.3 is 5.32 Å². The molecule has 2 aliphatic rings. The number of hydrogen-bond donors (Lipinski definition) is 2. The highest BCUT2D eigenvalue weighted by atomic mass is 35.5. The van der Waals surface area contributed by atoms with Crippen LogP contribution in [0.1, 0.15) is 31.2 Å². The summed E-state index contributed by atoms with van der Waals surface area (Å²) in [5, 5.41) is 14.3. The van der Waals surface area contributed by atoms with Crippen LogP contribution in [0.4, 0.5) is 5.69 Å². The maximum atomic E-state index is 12.6. The number of nitro benzene ring substituents is 1. The van der Waals surface area contributed by atoms with Crippen molar-refractivity contribution in [3.05, 3.63) is 33.9 Å². The minimum Gasteiger partial charge on any atom is -0.311 e. The Morgan fingerprint density at radius 3 is 2.43 bits per heavy atom. The van der Waals surface area contributed by atoms with Crippen molar-refractivity contribution in [3.8, 4) is 0 Å². The number of hydrogen-bond acceptors (Lipinski definition) is 5. The predicted molar refractivity (Wildman–Crippen MR) is 88.4 cm³/mol. The molecule has 23 heavy (non-hydrogen) atoms. The van der Waals surface area contributed by atoms with Gasteiger partial charge in [-0.3, -0.25) is 10.1 Å². The average Bonchev–Trinajstić information content (AvgIpc) is 2.77. The van der Waals surface area contributed by atoms with Gasteiger partial charge >= 0.3 is 0 Å². The number of nitrogens with zero attached hydrogens (tertiary/aromatic N) is 1. The molecule has 0 saturated carbocycles. The third-order valence-corrected chi connectivity index (χ3v) is 6.13. The Hall–Kier alpha value is -1.22. The highest BCUT2D eigenvalue weighted by Crippen LogP contribution is 2.28. The van der Waals surface area contributed by atoms with Crippen LogP contribution >= 0.6 is 12.4 Å². The molecule has 2 fully saturated rings. The Kier molecular flexibility index (Phi) is 5.30. The number of aryl methyl sites for hydroxylation is 1. The van der Waals surface area contributed by atoms with E-state index in [0.29, 0.717) is 17.6 Å². The van der Waals surface area contributed by atoms with E-state index in [1.165, 1.54) is 12.1 Å². The third kappa shape index (κ3) is 3.82. The zero-order chi connectivity index (χ0) is 15.9. The van der Waals surface area contributed by atoms with Gasteiger partial charge in [-0.25, -0.2) is 13.1 Å². The maximum absolute atomic E-state index is 12.6. The van der Waals surface area contributed by atoms with Crippen molar-refractivity contribution in [1.29, 1.82) is 0 Å². The van der Waals surface area contributed by atoms with Gasteiger partial charge in [0, 0.05) is 30.3 Å². The van der Waals surface area contributed by atoms with Gasteiger partial charge in [0.15, 0.2) is 0 Å². The number of sulfonamides is 1. The lowest BCUT2D eigenvalue weighted by atomic mass is 10.0. The fourth-order valence-corrected chi connectivity index (χ4v) is 4.95. The maximum Gasteiger partial charge on any atom is 0.270 e. The molecular formula is C14H20ClN3O4S. The molecule has 0 spiro atoms. The standard InChI is InChI=1S/C14H19N3O4S.ClH/c1-9-2-5-13(17(18)19)8-14(9)22(20,21)16-12-6-10-3-4-11(7-12)15-10;/h2,5,8,10-12,15-16H,3-4,6-7H2,1H3;1H. The van der Waals surface area contributed by atoms with Gasteiger partial charge in [-0.05, 0) is 38.2 Å². The summed E-state index contributed by atoms with van der Waals surface area (Å²) in [7, 11) is -3.75. The van der Waals surface area contributed by atoms with E-state index in [0.717, 1.165) is 31.7 Å². The highest BCUT2D eigenvalue weighted by molar-refractivity contribution is 7.89. The molecule has 128 valence electrons. The molecule has 1 aromatic carbocycles. The molecule has 2 unspecified atom stereocenters. The monoisotopic (exact) mass is 361 g/mol. The van der Waals surface area contributed by atoms with E-state index in [1.807, 2.05) is 0 Å². The lowest BCUT2D eigenvalue weighted by molar-refractivity contribution is -0.385. The summed E-state index contributed by atoms with van der Waals surface area (Å²) in [4.78, 5) is 10.3. The fraction of sp³-hybridized carbons (Fsp3) is 0.571. The summed E-state index contributed by atoms with van der Waals surface area (Å²) in [5.41, 5.74) is 0.298. The fourth-order valence-electron chi connectivity index (χ4n) is 3.43. The summed E-state index contributed by atoms with van der Waals surface area (Å²) in [5.74, 6) is 0. The molecule has 0 aliphatic carbocycles. The van der Waals surface area contributed by atoms with Gasteiger partial charge in [-0.15, -0.1) is 12.4 Å². The van der Waals surface area contributed by atoms with Crippen LogP contribution in [0.15, 0.2) is 23.1 Å². The molecule has 2 N–H and O–H groups in total. The third-order valence-electron chi connectivity index (χ3n) is 4.47. The Morgan fingerprint density at radius 2 is 1.87 bits per heavy atom. The zero-order valence-electron chi connectivity index (χ0n) is 12.7. The van der Waals surface area contributed by atoms with Gasteiger partial charge in [-0.1, -0.05) is 6.07 Å². The van der Waals surface area contributed by atoms with E-state index < -0.39 is 14.9 Å². The molecular weight excluding hydrogens is 342 g/mol. The summed E-state index contributed by atoms with van der Waals surface area (Å²) in [6.07, 6.45) is 3.70. The Morgan fingerprint density at radius 1 is 1.26 bits per heavy atom. The summed E-state index contributed by atoms with van der Waals surface area (Å²) in [6, 6.07) is 4.56. The molecule has 0 radical (unpaired) electrons. The van der Waals surface area contributed by atoms with E-state index in [1.54, 1.807) is 6.92 Å². The second-order valence-corrected chi connectivity index (χ2v) is 7.82. The molecule has 7 nitrogen and oxygen atoms in total. The number of piperidine rings is 1. The first kappa shape index (κ1) is 18.1. The van der Waals surface area contributed by atoms with Crippen molar-refractivity contribution in [2.75, 3.05) is 0 Å². The second-order valence-electron chi connectivity index (χ2n) is 6.13. The van der Waals surface area contributed by atoms with Gasteiger partial charge in [0.25, 0.3) is 5.69 Å². The van der Waals surface area contributed by atoms with Crippen LogP contribution in [0, 0.1) is 17.0 Å². The summed E-state index contributed by atoms with van der Waals surface area (Å²) in [6.45, 7) is 1.64.